The Labute approximate surface area is 112 Å². The van der Waals surface area contributed by atoms with Crippen molar-refractivity contribution in [3.05, 3.63) is 29.8 Å². The van der Waals surface area contributed by atoms with E-state index in [9.17, 15) is 13.2 Å². The fraction of sp³-hybridized carbons (Fsp3) is 0.500. The Kier molecular flexibility index (Phi) is 2.80. The fourth-order valence-electron chi connectivity index (χ4n) is 2.99. The summed E-state index contributed by atoms with van der Waals surface area (Å²) in [5.41, 5.74) is 1.07. The van der Waals surface area contributed by atoms with Crippen LogP contribution in [0.4, 0.5) is 0 Å². The van der Waals surface area contributed by atoms with Gasteiger partial charge in [0.1, 0.15) is 5.78 Å². The van der Waals surface area contributed by atoms with Gasteiger partial charge in [-0.2, -0.15) is 8.42 Å². The van der Waals surface area contributed by atoms with Gasteiger partial charge in [0.2, 0.25) is 0 Å². The Hall–Kier alpha value is -1.20. The summed E-state index contributed by atoms with van der Waals surface area (Å²) in [7, 11) is -3.67. The number of ketones is 1. The molecule has 2 fully saturated rings. The van der Waals surface area contributed by atoms with Crippen LogP contribution in [0.15, 0.2) is 29.2 Å². The van der Waals surface area contributed by atoms with Gasteiger partial charge in [0.25, 0.3) is 10.1 Å². The van der Waals surface area contributed by atoms with E-state index in [2.05, 4.69) is 0 Å². The highest BCUT2D eigenvalue weighted by atomic mass is 32.2. The smallest absolute Gasteiger partial charge is 0.297 e. The molecule has 2 saturated carbocycles. The van der Waals surface area contributed by atoms with E-state index >= 15 is 0 Å². The average molecular weight is 280 g/mol. The summed E-state index contributed by atoms with van der Waals surface area (Å²) in [6.07, 6.45) is 2.29. The van der Waals surface area contributed by atoms with Crippen LogP contribution in [0.5, 0.6) is 0 Å². The van der Waals surface area contributed by atoms with Crippen LogP contribution in [0.25, 0.3) is 0 Å². The molecule has 19 heavy (non-hydrogen) atoms. The Morgan fingerprint density at radius 3 is 2.26 bits per heavy atom. The molecule has 0 N–H and O–H groups in total. The van der Waals surface area contributed by atoms with Crippen molar-refractivity contribution in [3.63, 3.8) is 0 Å². The van der Waals surface area contributed by atoms with Crippen LogP contribution in [0.1, 0.15) is 31.2 Å². The second kappa shape index (κ2) is 4.15. The molecule has 0 saturated heterocycles. The minimum atomic E-state index is -3.67. The van der Waals surface area contributed by atoms with Crippen LogP contribution in [0.2, 0.25) is 0 Å². The Bertz CT molecular complexity index is 599. The van der Waals surface area contributed by atoms with Crippen molar-refractivity contribution in [1.29, 1.82) is 0 Å². The van der Waals surface area contributed by atoms with Gasteiger partial charge in [0.05, 0.1) is 11.0 Å². The van der Waals surface area contributed by atoms with Crippen molar-refractivity contribution < 1.29 is 17.4 Å². The monoisotopic (exact) mass is 280 g/mol. The zero-order chi connectivity index (χ0) is 13.7. The van der Waals surface area contributed by atoms with Crippen LogP contribution >= 0.6 is 0 Å². The Balaban J connectivity index is 1.64. The topological polar surface area (TPSA) is 60.4 Å². The maximum absolute atomic E-state index is 12.0. The second-order valence-corrected chi connectivity index (χ2v) is 7.36. The van der Waals surface area contributed by atoms with Gasteiger partial charge in [0, 0.05) is 12.8 Å². The number of hydrogen-bond donors (Lipinski definition) is 0. The number of carbonyl (C=O) groups is 1. The molecule has 0 atom stereocenters. The van der Waals surface area contributed by atoms with Crippen molar-refractivity contribution in [2.24, 2.45) is 5.41 Å². The Morgan fingerprint density at radius 2 is 1.74 bits per heavy atom. The predicted octanol–water partition coefficient (Wildman–Crippen LogP) is 2.21. The first-order chi connectivity index (χ1) is 8.89. The normalized spacial score (nSPS) is 22.1. The van der Waals surface area contributed by atoms with Gasteiger partial charge in [-0.25, -0.2) is 0 Å². The number of benzene rings is 1. The molecule has 0 aromatic heterocycles. The molecule has 3 rings (SSSR count). The SMILES string of the molecule is Cc1ccc(S(=O)(=O)OC2CC3(CC(=O)C3)C2)cc1. The summed E-state index contributed by atoms with van der Waals surface area (Å²) in [4.78, 5) is 11.2. The number of Topliss-reactive ketones (excluding diaryl/α,β-unsaturated/α-hetero) is 1. The van der Waals surface area contributed by atoms with Crippen LogP contribution in [0.3, 0.4) is 0 Å². The van der Waals surface area contributed by atoms with E-state index in [4.69, 9.17) is 4.18 Å². The molecular formula is C14H16O4S. The molecule has 0 bridgehead atoms. The van der Waals surface area contributed by atoms with E-state index < -0.39 is 10.1 Å². The second-order valence-electron chi connectivity index (χ2n) is 5.79. The summed E-state index contributed by atoms with van der Waals surface area (Å²) in [6, 6.07) is 6.63. The van der Waals surface area contributed by atoms with Gasteiger partial charge in [0.15, 0.2) is 0 Å². The third kappa shape index (κ3) is 2.32. The lowest BCUT2D eigenvalue weighted by Gasteiger charge is -2.51. The van der Waals surface area contributed by atoms with Crippen molar-refractivity contribution in [1.82, 2.24) is 0 Å². The molecule has 0 amide bonds. The van der Waals surface area contributed by atoms with E-state index in [1.165, 1.54) is 0 Å². The largest absolute Gasteiger partial charge is 0.300 e. The molecule has 0 unspecified atom stereocenters. The molecule has 1 spiro atoms. The summed E-state index contributed by atoms with van der Waals surface area (Å²) in [5, 5.41) is 0. The quantitative estimate of drug-likeness (QED) is 0.796. The maximum Gasteiger partial charge on any atom is 0.297 e. The molecule has 0 heterocycles. The molecular weight excluding hydrogens is 264 g/mol. The highest BCUT2D eigenvalue weighted by molar-refractivity contribution is 7.86. The van der Waals surface area contributed by atoms with E-state index in [1.54, 1.807) is 24.3 Å². The molecule has 2 aliphatic carbocycles. The third-order valence-corrected chi connectivity index (χ3v) is 5.41. The minimum absolute atomic E-state index is 0.0601. The van der Waals surface area contributed by atoms with Crippen molar-refractivity contribution in [3.8, 4) is 0 Å². The third-order valence-electron chi connectivity index (χ3n) is 4.04. The summed E-state index contributed by atoms with van der Waals surface area (Å²) < 4.78 is 29.3. The van der Waals surface area contributed by atoms with Crippen LogP contribution in [-0.2, 0) is 19.1 Å². The zero-order valence-electron chi connectivity index (χ0n) is 10.8. The molecule has 1 aromatic rings. The lowest BCUT2D eigenvalue weighted by Crippen LogP contribution is -2.51. The number of rotatable bonds is 3. The van der Waals surface area contributed by atoms with Crippen molar-refractivity contribution in [2.45, 2.75) is 43.6 Å². The maximum atomic E-state index is 12.0. The van der Waals surface area contributed by atoms with E-state index in [1.807, 2.05) is 6.92 Å². The van der Waals surface area contributed by atoms with Crippen LogP contribution < -0.4 is 0 Å². The van der Waals surface area contributed by atoms with Crippen molar-refractivity contribution >= 4 is 15.9 Å². The lowest BCUT2D eigenvalue weighted by molar-refractivity contribution is -0.145. The first-order valence-electron chi connectivity index (χ1n) is 6.40. The summed E-state index contributed by atoms with van der Waals surface area (Å²) in [6.45, 7) is 1.90. The van der Waals surface area contributed by atoms with Gasteiger partial charge in [-0.15, -0.1) is 0 Å². The molecule has 102 valence electrons. The summed E-state index contributed by atoms with van der Waals surface area (Å²) in [5.74, 6) is 0.278. The highest BCUT2D eigenvalue weighted by Gasteiger charge is 2.54. The van der Waals surface area contributed by atoms with Gasteiger partial charge >= 0.3 is 0 Å². The van der Waals surface area contributed by atoms with E-state index in [0.29, 0.717) is 25.7 Å². The highest BCUT2D eigenvalue weighted by Crippen LogP contribution is 2.55. The van der Waals surface area contributed by atoms with Crippen LogP contribution in [0, 0.1) is 12.3 Å². The first kappa shape index (κ1) is 12.8. The van der Waals surface area contributed by atoms with E-state index in [-0.39, 0.29) is 22.2 Å². The fourth-order valence-corrected chi connectivity index (χ4v) is 4.06. The zero-order valence-corrected chi connectivity index (χ0v) is 11.6. The van der Waals surface area contributed by atoms with Gasteiger partial charge in [-0.3, -0.25) is 8.98 Å². The van der Waals surface area contributed by atoms with E-state index in [0.717, 1.165) is 5.56 Å². The molecule has 4 nitrogen and oxygen atoms in total. The molecule has 2 aliphatic rings. The molecule has 0 radical (unpaired) electrons. The standard InChI is InChI=1S/C14H16O4S/c1-10-2-4-13(5-3-10)19(16,17)18-12-8-14(9-12)6-11(15)7-14/h2-5,12H,6-9H2,1H3. The molecule has 0 aliphatic heterocycles. The number of aryl methyl sites for hydroxylation is 1. The van der Waals surface area contributed by atoms with Gasteiger partial charge in [-0.05, 0) is 37.3 Å². The number of carbonyl (C=O) groups excluding carboxylic acids is 1. The van der Waals surface area contributed by atoms with Crippen LogP contribution in [-0.4, -0.2) is 20.3 Å². The first-order valence-corrected chi connectivity index (χ1v) is 7.81. The average Bonchev–Trinajstić information content (AvgIpc) is 2.24. The minimum Gasteiger partial charge on any atom is -0.300 e. The predicted molar refractivity (Wildman–Crippen MR) is 69.1 cm³/mol. The lowest BCUT2D eigenvalue weighted by atomic mass is 9.54. The molecule has 5 heteroatoms. The molecule has 1 aromatic carbocycles. The summed E-state index contributed by atoms with van der Waals surface area (Å²) >= 11 is 0. The van der Waals surface area contributed by atoms with Gasteiger partial charge in [-0.1, -0.05) is 17.7 Å². The Morgan fingerprint density at radius 1 is 1.16 bits per heavy atom. The van der Waals surface area contributed by atoms with Crippen molar-refractivity contribution in [2.75, 3.05) is 0 Å². The number of hydrogen-bond acceptors (Lipinski definition) is 4. The van der Waals surface area contributed by atoms with Gasteiger partial charge < -0.3 is 0 Å².